The smallest absolute Gasteiger partial charge is 0.317 e. The SMILES string of the molecule is CCC(C)C(C(CC(=O)N1CCCC1C(OC)C(C)C(=O)NCC(=O)NSCCCn1cc(CN2C(=O)C=CC2=O)nn1)OC)N(C)C(=O)CNC(=O)N1CCOCC1. The average molecular weight is 849 g/mol. The maximum Gasteiger partial charge on any atom is 0.317 e. The Balaban J connectivity index is 1.22. The summed E-state index contributed by atoms with van der Waals surface area (Å²) < 4.78 is 21.3. The number of nitrogens with zero attached hydrogens (tertiary/aromatic N) is 7. The minimum Gasteiger partial charge on any atom is -0.379 e. The number of imide groups is 1. The molecule has 59 heavy (non-hydrogen) atoms. The van der Waals surface area contributed by atoms with Crippen LogP contribution >= 0.6 is 11.9 Å². The van der Waals surface area contributed by atoms with Gasteiger partial charge in [0.15, 0.2) is 0 Å². The number of urea groups is 1. The van der Waals surface area contributed by atoms with Crippen molar-refractivity contribution in [3.63, 3.8) is 0 Å². The summed E-state index contributed by atoms with van der Waals surface area (Å²) >= 11 is 1.19. The number of ether oxygens (including phenoxy) is 3. The van der Waals surface area contributed by atoms with Gasteiger partial charge in [0.05, 0.1) is 75.7 Å². The van der Waals surface area contributed by atoms with E-state index in [0.29, 0.717) is 70.1 Å². The van der Waals surface area contributed by atoms with Crippen molar-refractivity contribution in [2.24, 2.45) is 11.8 Å². The Morgan fingerprint density at radius 1 is 1.02 bits per heavy atom. The molecular formula is C38H60N10O10S. The highest BCUT2D eigenvalue weighted by Gasteiger charge is 2.42. The van der Waals surface area contributed by atoms with E-state index in [1.807, 2.05) is 13.8 Å². The first-order valence-corrected chi connectivity index (χ1v) is 21.1. The zero-order valence-corrected chi connectivity index (χ0v) is 35.7. The molecule has 4 rings (SSSR count). The molecule has 4 heterocycles. The lowest BCUT2D eigenvalue weighted by molar-refractivity contribution is -0.145. The molecule has 0 radical (unpaired) electrons. The van der Waals surface area contributed by atoms with E-state index in [9.17, 15) is 33.6 Å². The van der Waals surface area contributed by atoms with Crippen LogP contribution in [0, 0.1) is 11.8 Å². The highest BCUT2D eigenvalue weighted by atomic mass is 32.2. The first-order chi connectivity index (χ1) is 28.3. The molecule has 20 nitrogen and oxygen atoms in total. The third-order valence-corrected chi connectivity index (χ3v) is 11.9. The van der Waals surface area contributed by atoms with Crippen LogP contribution in [0.1, 0.15) is 58.6 Å². The van der Waals surface area contributed by atoms with Gasteiger partial charge in [-0.15, -0.1) is 5.10 Å². The zero-order chi connectivity index (χ0) is 43.1. The molecule has 2 saturated heterocycles. The first-order valence-electron chi connectivity index (χ1n) is 20.1. The van der Waals surface area contributed by atoms with Gasteiger partial charge in [0.2, 0.25) is 23.6 Å². The maximum atomic E-state index is 14.0. The van der Waals surface area contributed by atoms with Crippen molar-refractivity contribution >= 4 is 53.4 Å². The molecule has 0 aromatic carbocycles. The molecule has 328 valence electrons. The standard InChI is InChI=1S/C38H60N10O10S/c1-7-25(2)35(44(4)34(53)22-40-38(55)45-15-17-58-18-16-45)29(56-5)20-33(52)47-14-8-10-28(47)36(57-6)26(3)37(54)39-21-30(49)42-59-19-9-13-46-23-27(41-43-46)24-48-31(50)11-12-32(48)51/h11-12,23,25-26,28-29,35-36H,7-10,13-22,24H2,1-6H3,(H,39,54)(H,40,55)(H,42,49). The summed E-state index contributed by atoms with van der Waals surface area (Å²) in [5.41, 5.74) is 0.484. The molecule has 2 fully saturated rings. The van der Waals surface area contributed by atoms with Gasteiger partial charge in [0, 0.05) is 65.4 Å². The summed E-state index contributed by atoms with van der Waals surface area (Å²) in [4.78, 5) is 95.3. The van der Waals surface area contributed by atoms with Gasteiger partial charge < -0.3 is 39.5 Å². The number of morpholine rings is 1. The van der Waals surface area contributed by atoms with Gasteiger partial charge in [0.1, 0.15) is 5.69 Å². The van der Waals surface area contributed by atoms with E-state index in [0.717, 1.165) is 11.3 Å². The second kappa shape index (κ2) is 23.3. The van der Waals surface area contributed by atoms with E-state index < -0.39 is 42.0 Å². The van der Waals surface area contributed by atoms with E-state index in [4.69, 9.17) is 14.2 Å². The van der Waals surface area contributed by atoms with Crippen LogP contribution < -0.4 is 15.4 Å². The third-order valence-electron chi connectivity index (χ3n) is 11.0. The number of rotatable bonds is 22. The van der Waals surface area contributed by atoms with E-state index in [1.165, 1.54) is 38.3 Å². The Labute approximate surface area is 349 Å². The Kier molecular flexibility index (Phi) is 18.6. The molecule has 0 aliphatic carbocycles. The molecule has 8 amide bonds. The summed E-state index contributed by atoms with van der Waals surface area (Å²) in [6.07, 6.45) is 5.50. The molecule has 0 saturated carbocycles. The highest BCUT2D eigenvalue weighted by molar-refractivity contribution is 7.97. The number of aryl methyl sites for hydroxylation is 1. The number of hydrogen-bond acceptors (Lipinski definition) is 13. The van der Waals surface area contributed by atoms with Crippen molar-refractivity contribution < 1.29 is 47.8 Å². The number of aromatic nitrogens is 3. The predicted octanol–water partition coefficient (Wildman–Crippen LogP) is -0.0641. The quantitative estimate of drug-likeness (QED) is 0.0791. The zero-order valence-electron chi connectivity index (χ0n) is 34.9. The topological polar surface area (TPSA) is 227 Å². The van der Waals surface area contributed by atoms with Crippen molar-refractivity contribution in [2.45, 2.75) is 90.3 Å². The van der Waals surface area contributed by atoms with Crippen molar-refractivity contribution in [1.82, 2.24) is 49.9 Å². The van der Waals surface area contributed by atoms with Crippen molar-refractivity contribution in [2.75, 3.05) is 73.0 Å². The van der Waals surface area contributed by atoms with Gasteiger partial charge >= 0.3 is 6.03 Å². The molecule has 3 aliphatic rings. The Hall–Kier alpha value is -4.60. The van der Waals surface area contributed by atoms with Gasteiger partial charge in [-0.3, -0.25) is 43.1 Å². The first kappa shape index (κ1) is 47.1. The summed E-state index contributed by atoms with van der Waals surface area (Å²) in [7, 11) is 4.69. The van der Waals surface area contributed by atoms with Crippen LogP contribution in [-0.2, 0) is 56.1 Å². The molecule has 0 bridgehead atoms. The lowest BCUT2D eigenvalue weighted by Gasteiger charge is -2.39. The number of amides is 8. The van der Waals surface area contributed by atoms with E-state index in [2.05, 4.69) is 25.7 Å². The predicted molar refractivity (Wildman–Crippen MR) is 215 cm³/mol. The van der Waals surface area contributed by atoms with Crippen LogP contribution in [0.5, 0.6) is 0 Å². The molecule has 0 spiro atoms. The molecule has 3 aliphatic heterocycles. The Morgan fingerprint density at radius 3 is 2.39 bits per heavy atom. The number of nitrogens with one attached hydrogen (secondary N) is 3. The molecule has 6 unspecified atom stereocenters. The fourth-order valence-electron chi connectivity index (χ4n) is 7.54. The number of carbonyl (C=O) groups is 7. The second-order valence-corrected chi connectivity index (χ2v) is 15.8. The number of likely N-dealkylation sites (N-methyl/N-ethyl adjacent to an activating group) is 1. The van der Waals surface area contributed by atoms with Crippen LogP contribution in [0.4, 0.5) is 4.79 Å². The largest absolute Gasteiger partial charge is 0.379 e. The van der Waals surface area contributed by atoms with E-state index in [-0.39, 0.29) is 61.6 Å². The Bertz CT molecular complexity index is 1640. The molecule has 1 aromatic rings. The fourth-order valence-corrected chi connectivity index (χ4v) is 8.15. The van der Waals surface area contributed by atoms with Crippen LogP contribution in [0.15, 0.2) is 18.3 Å². The number of hydrogen-bond donors (Lipinski definition) is 3. The van der Waals surface area contributed by atoms with Crippen molar-refractivity contribution in [3.8, 4) is 0 Å². The average Bonchev–Trinajstić information content (AvgIpc) is 3.99. The number of methoxy groups -OCH3 is 2. The minimum atomic E-state index is -0.688. The molecular weight excluding hydrogens is 789 g/mol. The van der Waals surface area contributed by atoms with Gasteiger partial charge in [-0.2, -0.15) is 0 Å². The number of likely N-dealkylation sites (tertiary alicyclic amines) is 1. The molecule has 3 N–H and O–H groups in total. The lowest BCUT2D eigenvalue weighted by atomic mass is 9.90. The van der Waals surface area contributed by atoms with Crippen LogP contribution in [0.25, 0.3) is 0 Å². The van der Waals surface area contributed by atoms with Crippen LogP contribution in [0.2, 0.25) is 0 Å². The minimum absolute atomic E-state index is 0.00449. The Morgan fingerprint density at radius 2 is 1.73 bits per heavy atom. The normalized spacial score (nSPS) is 19.3. The van der Waals surface area contributed by atoms with Gasteiger partial charge in [-0.25, -0.2) is 4.79 Å². The number of carbonyl (C=O) groups excluding carboxylic acids is 7. The van der Waals surface area contributed by atoms with Gasteiger partial charge in [-0.05, 0) is 25.2 Å². The summed E-state index contributed by atoms with van der Waals surface area (Å²) in [5, 5.41) is 13.4. The van der Waals surface area contributed by atoms with E-state index in [1.54, 1.807) is 39.5 Å². The third kappa shape index (κ3) is 13.2. The summed E-state index contributed by atoms with van der Waals surface area (Å²) in [6, 6.07) is -1.18. The maximum absolute atomic E-state index is 14.0. The van der Waals surface area contributed by atoms with Gasteiger partial charge in [-0.1, -0.05) is 44.4 Å². The second-order valence-electron chi connectivity index (χ2n) is 14.9. The highest BCUT2D eigenvalue weighted by Crippen LogP contribution is 2.29. The van der Waals surface area contributed by atoms with Gasteiger partial charge in [0.25, 0.3) is 11.8 Å². The summed E-state index contributed by atoms with van der Waals surface area (Å²) in [6.45, 7) is 8.09. The molecule has 21 heteroatoms. The molecule has 6 atom stereocenters. The fraction of sp³-hybridized carbons (Fsp3) is 0.711. The molecule has 1 aromatic heterocycles. The lowest BCUT2D eigenvalue weighted by Crippen LogP contribution is -2.55. The van der Waals surface area contributed by atoms with Crippen LogP contribution in [-0.4, -0.2) is 173 Å². The van der Waals surface area contributed by atoms with E-state index >= 15 is 0 Å². The monoisotopic (exact) mass is 848 g/mol. The van der Waals surface area contributed by atoms with Crippen molar-refractivity contribution in [3.05, 3.63) is 24.0 Å². The van der Waals surface area contributed by atoms with Crippen molar-refractivity contribution in [1.29, 1.82) is 0 Å². The van der Waals surface area contributed by atoms with Crippen LogP contribution in [0.3, 0.4) is 0 Å². The summed E-state index contributed by atoms with van der Waals surface area (Å²) in [5.74, 6) is -2.21.